The molecule has 0 atom stereocenters. The average molecular weight is 409 g/mol. The van der Waals surface area contributed by atoms with Crippen molar-refractivity contribution in [1.82, 2.24) is 4.98 Å². The van der Waals surface area contributed by atoms with Crippen molar-refractivity contribution >= 4 is 65.1 Å². The van der Waals surface area contributed by atoms with Gasteiger partial charge in [-0.25, -0.2) is 4.98 Å². The Hall–Kier alpha value is -1.17. The van der Waals surface area contributed by atoms with Crippen LogP contribution in [0, 0.1) is 0 Å². The summed E-state index contributed by atoms with van der Waals surface area (Å²) in [4.78, 5) is 5.69. The molecule has 0 aliphatic heterocycles. The Balaban J connectivity index is 2.06. The Morgan fingerprint density at radius 3 is 2.55 bits per heavy atom. The number of hydrogen-bond donors (Lipinski definition) is 0. The second-order valence-corrected chi connectivity index (χ2v) is 7.69. The normalized spacial score (nSPS) is 11.5. The van der Waals surface area contributed by atoms with Crippen molar-refractivity contribution in [2.45, 2.75) is 0 Å². The molecule has 0 saturated heterocycles. The zero-order valence-corrected chi connectivity index (χ0v) is 14.0. The molecule has 20 heavy (non-hydrogen) atoms. The van der Waals surface area contributed by atoms with Crippen LogP contribution in [0.5, 0.6) is 0 Å². The van der Waals surface area contributed by atoms with Crippen LogP contribution in [0.4, 0.5) is 0 Å². The predicted octanol–water partition coefficient (Wildman–Crippen LogP) is 6.23. The molecule has 2 aromatic carbocycles. The van der Waals surface area contributed by atoms with Crippen LogP contribution in [-0.4, -0.2) is 4.98 Å². The number of nitrogens with zero attached hydrogens (tertiary/aromatic N) is 1. The SMILES string of the molecule is Brc1ccc(-c2nc3c(cc(Br)c4ccccc43)o2)s1. The van der Waals surface area contributed by atoms with Crippen LogP contribution in [0.2, 0.25) is 0 Å². The minimum atomic E-state index is 0.666. The van der Waals surface area contributed by atoms with Gasteiger partial charge in [-0.15, -0.1) is 11.3 Å². The standard InChI is InChI=1S/C15H7Br2NOS/c16-10-7-11-14(9-4-2-1-3-8(9)10)18-15(19-11)12-5-6-13(17)20-12/h1-7H. The topological polar surface area (TPSA) is 26.0 Å². The fourth-order valence-corrected chi connectivity index (χ4v) is 4.11. The molecule has 0 unspecified atom stereocenters. The van der Waals surface area contributed by atoms with Crippen molar-refractivity contribution in [1.29, 1.82) is 0 Å². The van der Waals surface area contributed by atoms with Crippen molar-refractivity contribution in [2.75, 3.05) is 0 Å². The Morgan fingerprint density at radius 2 is 1.80 bits per heavy atom. The molecule has 0 saturated carbocycles. The number of benzene rings is 2. The van der Waals surface area contributed by atoms with E-state index in [0.29, 0.717) is 5.89 Å². The van der Waals surface area contributed by atoms with E-state index in [-0.39, 0.29) is 0 Å². The summed E-state index contributed by atoms with van der Waals surface area (Å²) < 4.78 is 8.00. The quantitative estimate of drug-likeness (QED) is 0.372. The third-order valence-electron chi connectivity index (χ3n) is 3.13. The number of oxazole rings is 1. The van der Waals surface area contributed by atoms with Crippen molar-refractivity contribution in [2.24, 2.45) is 0 Å². The molecule has 2 nitrogen and oxygen atoms in total. The summed E-state index contributed by atoms with van der Waals surface area (Å²) >= 11 is 8.68. The van der Waals surface area contributed by atoms with Gasteiger partial charge in [0.25, 0.3) is 0 Å². The first-order valence-corrected chi connectivity index (χ1v) is 8.36. The molecule has 0 amide bonds. The van der Waals surface area contributed by atoms with E-state index in [1.54, 1.807) is 11.3 Å². The van der Waals surface area contributed by atoms with Gasteiger partial charge in [0, 0.05) is 9.86 Å². The van der Waals surface area contributed by atoms with Gasteiger partial charge in [0.2, 0.25) is 5.89 Å². The lowest BCUT2D eigenvalue weighted by Gasteiger charge is -1.99. The Labute approximate surface area is 135 Å². The molecule has 0 bridgehead atoms. The van der Waals surface area contributed by atoms with Gasteiger partial charge in [0.05, 0.1) is 8.66 Å². The third kappa shape index (κ3) is 1.92. The smallest absolute Gasteiger partial charge is 0.237 e. The van der Waals surface area contributed by atoms with E-state index >= 15 is 0 Å². The van der Waals surface area contributed by atoms with Gasteiger partial charge in [0.15, 0.2) is 5.58 Å². The summed E-state index contributed by atoms with van der Waals surface area (Å²) in [5.41, 5.74) is 1.71. The second kappa shape index (κ2) is 4.69. The summed E-state index contributed by atoms with van der Waals surface area (Å²) in [5, 5.41) is 2.25. The summed E-state index contributed by atoms with van der Waals surface area (Å²) in [7, 11) is 0. The summed E-state index contributed by atoms with van der Waals surface area (Å²) in [5.74, 6) is 0.666. The van der Waals surface area contributed by atoms with Gasteiger partial charge in [-0.1, -0.05) is 40.2 Å². The second-order valence-electron chi connectivity index (χ2n) is 4.37. The van der Waals surface area contributed by atoms with Crippen LogP contribution in [0.3, 0.4) is 0 Å². The lowest BCUT2D eigenvalue weighted by molar-refractivity contribution is 0.621. The molecule has 5 heteroatoms. The van der Waals surface area contributed by atoms with E-state index in [9.17, 15) is 0 Å². The first-order chi connectivity index (χ1) is 9.72. The molecule has 0 fully saturated rings. The summed E-state index contributed by atoms with van der Waals surface area (Å²) in [6.45, 7) is 0. The maximum Gasteiger partial charge on any atom is 0.237 e. The first kappa shape index (κ1) is 12.6. The van der Waals surface area contributed by atoms with E-state index in [2.05, 4.69) is 49.0 Å². The highest BCUT2D eigenvalue weighted by Gasteiger charge is 2.14. The zero-order valence-electron chi connectivity index (χ0n) is 10.1. The number of hydrogen-bond acceptors (Lipinski definition) is 3. The predicted molar refractivity (Wildman–Crippen MR) is 90.2 cm³/mol. The maximum atomic E-state index is 5.90. The van der Waals surface area contributed by atoms with E-state index < -0.39 is 0 Å². The molecular formula is C15H7Br2NOS. The van der Waals surface area contributed by atoms with Gasteiger partial charge in [-0.2, -0.15) is 0 Å². The molecule has 2 heterocycles. The first-order valence-electron chi connectivity index (χ1n) is 5.96. The van der Waals surface area contributed by atoms with Crippen LogP contribution < -0.4 is 0 Å². The van der Waals surface area contributed by atoms with Crippen molar-refractivity contribution in [3.05, 3.63) is 50.7 Å². The Bertz CT molecular complexity index is 942. The molecule has 0 aliphatic carbocycles. The molecule has 0 aliphatic rings. The van der Waals surface area contributed by atoms with Gasteiger partial charge >= 0.3 is 0 Å². The third-order valence-corrected chi connectivity index (χ3v) is 5.40. The molecule has 0 radical (unpaired) electrons. The molecule has 4 rings (SSSR count). The van der Waals surface area contributed by atoms with Crippen LogP contribution >= 0.6 is 43.2 Å². The van der Waals surface area contributed by atoms with Gasteiger partial charge in [-0.3, -0.25) is 0 Å². The molecule has 0 spiro atoms. The van der Waals surface area contributed by atoms with Crippen molar-refractivity contribution in [3.8, 4) is 10.8 Å². The Kier molecular flexibility index (Phi) is 2.94. The minimum Gasteiger partial charge on any atom is -0.435 e. The summed E-state index contributed by atoms with van der Waals surface area (Å²) in [6.07, 6.45) is 0. The summed E-state index contributed by atoms with van der Waals surface area (Å²) in [6, 6.07) is 14.2. The van der Waals surface area contributed by atoms with Crippen LogP contribution in [0.1, 0.15) is 0 Å². The largest absolute Gasteiger partial charge is 0.435 e. The molecule has 98 valence electrons. The van der Waals surface area contributed by atoms with Crippen LogP contribution in [-0.2, 0) is 0 Å². The van der Waals surface area contributed by atoms with E-state index in [4.69, 9.17) is 4.42 Å². The number of thiophene rings is 1. The number of rotatable bonds is 1. The number of halogens is 2. The van der Waals surface area contributed by atoms with E-state index in [1.807, 2.05) is 30.3 Å². The highest BCUT2D eigenvalue weighted by molar-refractivity contribution is 9.11. The maximum absolute atomic E-state index is 5.90. The van der Waals surface area contributed by atoms with Crippen molar-refractivity contribution < 1.29 is 4.42 Å². The van der Waals surface area contributed by atoms with E-state index in [1.165, 1.54) is 0 Å². The lowest BCUT2D eigenvalue weighted by Crippen LogP contribution is -1.77. The molecule has 2 aromatic heterocycles. The Morgan fingerprint density at radius 1 is 1.00 bits per heavy atom. The minimum absolute atomic E-state index is 0.666. The van der Waals surface area contributed by atoms with Gasteiger partial charge < -0.3 is 4.42 Å². The molecule has 0 N–H and O–H groups in total. The molecule has 4 aromatic rings. The lowest BCUT2D eigenvalue weighted by atomic mass is 10.1. The average Bonchev–Trinajstić information content (AvgIpc) is 3.05. The fourth-order valence-electron chi connectivity index (χ4n) is 2.25. The monoisotopic (exact) mass is 407 g/mol. The van der Waals surface area contributed by atoms with Crippen molar-refractivity contribution in [3.63, 3.8) is 0 Å². The fraction of sp³-hybridized carbons (Fsp3) is 0. The van der Waals surface area contributed by atoms with Crippen LogP contribution in [0.25, 0.3) is 32.6 Å². The molecular weight excluding hydrogens is 402 g/mol. The zero-order chi connectivity index (χ0) is 13.7. The van der Waals surface area contributed by atoms with Gasteiger partial charge in [-0.05, 0) is 39.5 Å². The highest BCUT2D eigenvalue weighted by Crippen LogP contribution is 2.36. The van der Waals surface area contributed by atoms with E-state index in [0.717, 1.165) is 35.0 Å². The highest BCUT2D eigenvalue weighted by atomic mass is 79.9. The number of fused-ring (bicyclic) bond motifs is 3. The van der Waals surface area contributed by atoms with Crippen LogP contribution in [0.15, 0.2) is 55.1 Å². The van der Waals surface area contributed by atoms with Gasteiger partial charge in [0.1, 0.15) is 5.52 Å². The number of aromatic nitrogens is 1.